The lowest BCUT2D eigenvalue weighted by Gasteiger charge is -2.08. The number of rotatable bonds is 5. The van der Waals surface area contributed by atoms with Crippen LogP contribution in [0.1, 0.15) is 25.1 Å². The summed E-state index contributed by atoms with van der Waals surface area (Å²) in [5.74, 6) is 0.830. The van der Waals surface area contributed by atoms with Crippen LogP contribution in [0.5, 0.6) is 0 Å². The summed E-state index contributed by atoms with van der Waals surface area (Å²) in [6.07, 6.45) is 0.902. The average Bonchev–Trinajstić information content (AvgIpc) is 2.96. The Balaban J connectivity index is 2.08. The van der Waals surface area contributed by atoms with Crippen LogP contribution in [0.25, 0.3) is 16.9 Å². The lowest BCUT2D eigenvalue weighted by Crippen LogP contribution is -2.13. The van der Waals surface area contributed by atoms with Gasteiger partial charge < -0.3 is 5.32 Å². The second-order valence-electron chi connectivity index (χ2n) is 4.95. The smallest absolute Gasteiger partial charge is 0.156 e. The van der Waals surface area contributed by atoms with Crippen molar-refractivity contribution in [1.29, 1.82) is 0 Å². The molecule has 0 aliphatic heterocycles. The Labute approximate surface area is 124 Å². The molecule has 0 aliphatic carbocycles. The van der Waals surface area contributed by atoms with Gasteiger partial charge in [-0.2, -0.15) is 4.68 Å². The Hall–Kier alpha value is -2.27. The maximum atomic E-state index is 4.69. The first kappa shape index (κ1) is 13.7. The molecule has 0 aliphatic rings. The largest absolute Gasteiger partial charge is 0.313 e. The van der Waals surface area contributed by atoms with Crippen molar-refractivity contribution in [2.75, 3.05) is 6.54 Å². The van der Waals surface area contributed by atoms with Gasteiger partial charge >= 0.3 is 0 Å². The van der Waals surface area contributed by atoms with Gasteiger partial charge in [0.15, 0.2) is 5.82 Å². The van der Waals surface area contributed by atoms with Gasteiger partial charge in [-0.25, -0.2) is 4.98 Å². The van der Waals surface area contributed by atoms with E-state index in [4.69, 9.17) is 0 Å². The molecule has 1 N–H and O–H groups in total. The van der Waals surface area contributed by atoms with Gasteiger partial charge in [0.05, 0.1) is 5.52 Å². The summed E-state index contributed by atoms with van der Waals surface area (Å²) >= 11 is 0. The second-order valence-corrected chi connectivity index (χ2v) is 4.95. The molecule has 1 aromatic carbocycles. The number of para-hydroxylation sites is 1. The predicted molar refractivity (Wildman–Crippen MR) is 83.4 cm³/mol. The van der Waals surface area contributed by atoms with Gasteiger partial charge in [-0.3, -0.25) is 0 Å². The summed E-state index contributed by atoms with van der Waals surface area (Å²) in [5, 5.41) is 11.8. The van der Waals surface area contributed by atoms with Crippen LogP contribution in [0.2, 0.25) is 0 Å². The Morgan fingerprint density at radius 3 is 2.81 bits per heavy atom. The number of pyridine rings is 1. The molecule has 5 heteroatoms. The lowest BCUT2D eigenvalue weighted by molar-refractivity contribution is 0.719. The van der Waals surface area contributed by atoms with Crippen LogP contribution < -0.4 is 5.32 Å². The monoisotopic (exact) mass is 281 g/mol. The molecule has 3 aromatic rings. The number of fused-ring (bicyclic) bond motifs is 1. The number of hydrogen-bond donors (Lipinski definition) is 1. The van der Waals surface area contributed by atoms with E-state index in [-0.39, 0.29) is 0 Å². The third-order valence-corrected chi connectivity index (χ3v) is 3.43. The van der Waals surface area contributed by atoms with Crippen molar-refractivity contribution in [3.8, 4) is 5.82 Å². The highest BCUT2D eigenvalue weighted by Gasteiger charge is 2.09. The van der Waals surface area contributed by atoms with Crippen molar-refractivity contribution >= 4 is 11.0 Å². The van der Waals surface area contributed by atoms with Gasteiger partial charge in [0.2, 0.25) is 0 Å². The summed E-state index contributed by atoms with van der Waals surface area (Å²) in [6.45, 7) is 6.01. The molecule has 0 radical (unpaired) electrons. The van der Waals surface area contributed by atoms with Crippen molar-refractivity contribution in [3.63, 3.8) is 0 Å². The van der Waals surface area contributed by atoms with E-state index in [0.717, 1.165) is 42.1 Å². The van der Waals surface area contributed by atoms with E-state index in [1.165, 1.54) is 5.56 Å². The fraction of sp³-hybridized carbons (Fsp3) is 0.312. The van der Waals surface area contributed by atoms with E-state index in [0.29, 0.717) is 0 Å². The van der Waals surface area contributed by atoms with E-state index in [1.54, 1.807) is 0 Å². The van der Waals surface area contributed by atoms with Crippen molar-refractivity contribution in [3.05, 3.63) is 47.7 Å². The van der Waals surface area contributed by atoms with Crippen molar-refractivity contribution in [2.24, 2.45) is 0 Å². The van der Waals surface area contributed by atoms with Crippen molar-refractivity contribution in [1.82, 2.24) is 25.3 Å². The van der Waals surface area contributed by atoms with Gasteiger partial charge in [-0.05, 0) is 42.8 Å². The third-order valence-electron chi connectivity index (χ3n) is 3.43. The van der Waals surface area contributed by atoms with E-state index in [1.807, 2.05) is 28.9 Å². The molecule has 0 atom stereocenters. The molecule has 5 nitrogen and oxygen atoms in total. The molecule has 2 heterocycles. The minimum atomic E-state index is 0.830. The zero-order valence-electron chi connectivity index (χ0n) is 12.4. The minimum Gasteiger partial charge on any atom is -0.313 e. The number of aromatic nitrogens is 4. The van der Waals surface area contributed by atoms with Crippen LogP contribution >= 0.6 is 0 Å². The number of aryl methyl sites for hydroxylation is 1. The first-order valence-corrected chi connectivity index (χ1v) is 7.33. The molecule has 2 aromatic heterocycles. The van der Waals surface area contributed by atoms with Gasteiger partial charge in [0, 0.05) is 12.2 Å². The average molecular weight is 281 g/mol. The highest BCUT2D eigenvalue weighted by atomic mass is 15.4. The first-order valence-electron chi connectivity index (χ1n) is 7.33. The standard InChI is InChI=1S/C16H19N5/c1-3-13-9-12(11-17-4-2)10-16(18-13)21-15-8-6-5-7-14(15)19-20-21/h5-10,17H,3-4,11H2,1-2H3. The summed E-state index contributed by atoms with van der Waals surface area (Å²) in [6, 6.07) is 12.1. The molecule has 0 amide bonds. The summed E-state index contributed by atoms with van der Waals surface area (Å²) in [4.78, 5) is 4.69. The van der Waals surface area contributed by atoms with Crippen LogP contribution in [0.3, 0.4) is 0 Å². The molecule has 21 heavy (non-hydrogen) atoms. The van der Waals surface area contributed by atoms with Crippen LogP contribution in [0.4, 0.5) is 0 Å². The minimum absolute atomic E-state index is 0.830. The van der Waals surface area contributed by atoms with Gasteiger partial charge in [0.1, 0.15) is 5.52 Å². The maximum Gasteiger partial charge on any atom is 0.156 e. The summed E-state index contributed by atoms with van der Waals surface area (Å²) in [5.41, 5.74) is 4.15. The Morgan fingerprint density at radius 2 is 2.00 bits per heavy atom. The number of benzene rings is 1. The lowest BCUT2D eigenvalue weighted by atomic mass is 10.2. The first-order chi connectivity index (χ1) is 10.3. The molecule has 3 rings (SSSR count). The topological polar surface area (TPSA) is 55.6 Å². The molecule has 0 spiro atoms. The molecule has 108 valence electrons. The Kier molecular flexibility index (Phi) is 3.92. The second kappa shape index (κ2) is 6.01. The maximum absolute atomic E-state index is 4.69. The van der Waals surface area contributed by atoms with Gasteiger partial charge in [0.25, 0.3) is 0 Å². The predicted octanol–water partition coefficient (Wildman–Crippen LogP) is 2.49. The fourth-order valence-electron chi connectivity index (χ4n) is 2.33. The third kappa shape index (κ3) is 2.78. The van der Waals surface area contributed by atoms with E-state index in [2.05, 4.69) is 46.6 Å². The Morgan fingerprint density at radius 1 is 1.14 bits per heavy atom. The van der Waals surface area contributed by atoms with Crippen molar-refractivity contribution in [2.45, 2.75) is 26.8 Å². The SMILES string of the molecule is CCNCc1cc(CC)nc(-n2nnc3ccccc32)c1. The quantitative estimate of drug-likeness (QED) is 0.780. The molecule has 0 saturated heterocycles. The molecule has 0 bridgehead atoms. The van der Waals surface area contributed by atoms with E-state index in [9.17, 15) is 0 Å². The van der Waals surface area contributed by atoms with Crippen LogP contribution in [0, 0.1) is 0 Å². The zero-order valence-corrected chi connectivity index (χ0v) is 12.4. The van der Waals surface area contributed by atoms with Gasteiger partial charge in [-0.1, -0.05) is 31.2 Å². The number of hydrogen-bond acceptors (Lipinski definition) is 4. The zero-order chi connectivity index (χ0) is 14.7. The van der Waals surface area contributed by atoms with Crippen molar-refractivity contribution < 1.29 is 0 Å². The van der Waals surface area contributed by atoms with Crippen LogP contribution in [-0.4, -0.2) is 26.5 Å². The van der Waals surface area contributed by atoms with Crippen LogP contribution in [0.15, 0.2) is 36.4 Å². The number of nitrogens with zero attached hydrogens (tertiary/aromatic N) is 4. The normalized spacial score (nSPS) is 11.1. The van der Waals surface area contributed by atoms with E-state index >= 15 is 0 Å². The summed E-state index contributed by atoms with van der Waals surface area (Å²) < 4.78 is 1.81. The van der Waals surface area contributed by atoms with Gasteiger partial charge in [-0.15, -0.1) is 5.10 Å². The fourth-order valence-corrected chi connectivity index (χ4v) is 2.33. The highest BCUT2D eigenvalue weighted by Crippen LogP contribution is 2.16. The number of nitrogens with one attached hydrogen (secondary N) is 1. The summed E-state index contributed by atoms with van der Waals surface area (Å²) in [7, 11) is 0. The molecular formula is C16H19N5. The molecule has 0 saturated carbocycles. The Bertz CT molecular complexity index is 747. The van der Waals surface area contributed by atoms with E-state index < -0.39 is 0 Å². The molecule has 0 unspecified atom stereocenters. The molecular weight excluding hydrogens is 262 g/mol. The molecule has 0 fully saturated rings. The highest BCUT2D eigenvalue weighted by molar-refractivity contribution is 5.75. The van der Waals surface area contributed by atoms with Crippen LogP contribution in [-0.2, 0) is 13.0 Å².